The normalized spacial score (nSPS) is 17.5. The number of amides is 1. The molecule has 7 heteroatoms. The average Bonchev–Trinajstić information content (AvgIpc) is 3.30. The van der Waals surface area contributed by atoms with E-state index in [0.717, 1.165) is 55.0 Å². The average molecular weight is 601 g/mol. The second-order valence-corrected chi connectivity index (χ2v) is 10.2. The van der Waals surface area contributed by atoms with Crippen LogP contribution in [-0.2, 0) is 11.2 Å². The number of nitrogens with zero attached hydrogens (tertiary/aromatic N) is 3. The molecule has 1 aromatic heterocycles. The number of allylic oxidation sites excluding steroid dienone is 7. The molecule has 0 spiro atoms. The molecule has 2 aliphatic carbocycles. The highest BCUT2D eigenvalue weighted by atomic mass is 16.1. The Balaban J connectivity index is 0.000000512. The smallest absolute Gasteiger partial charge is 0.252 e. The van der Waals surface area contributed by atoms with Gasteiger partial charge in [-0.25, -0.2) is 0 Å². The Morgan fingerprint density at radius 3 is 2.66 bits per heavy atom. The number of aliphatic imine (C=N–C) groups is 1. The number of aromatic nitrogens is 1. The molecule has 3 aliphatic rings. The predicted octanol–water partition coefficient (Wildman–Crippen LogP) is 7.48. The largest absolute Gasteiger partial charge is 0.378 e. The lowest BCUT2D eigenvalue weighted by molar-refractivity contribution is -0.116. The van der Waals surface area contributed by atoms with Crippen LogP contribution in [0.5, 0.6) is 0 Å². The summed E-state index contributed by atoms with van der Waals surface area (Å²) in [6.07, 6.45) is 21.3. The van der Waals surface area contributed by atoms with Crippen molar-refractivity contribution < 1.29 is 4.79 Å². The third-order valence-electron chi connectivity index (χ3n) is 7.31. The number of likely N-dealkylation sites (N-methyl/N-ethyl adjacent to an activating group) is 1. The van der Waals surface area contributed by atoms with Gasteiger partial charge in [-0.3, -0.25) is 19.7 Å². The number of carbonyl (C=O) groups excluding carboxylic acids is 1. The fourth-order valence-corrected chi connectivity index (χ4v) is 4.90. The molecule has 0 bridgehead atoms. The molecule has 2 heterocycles. The van der Waals surface area contributed by atoms with Gasteiger partial charge in [-0.05, 0) is 89.9 Å². The Hall–Kier alpha value is -3.97. The molecule has 1 atom stereocenters. The molecule has 1 aromatic rings. The first kappa shape index (κ1) is 38.1. The maximum absolute atomic E-state index is 12.3. The Labute approximate surface area is 267 Å². The van der Waals surface area contributed by atoms with Crippen molar-refractivity contribution in [3.63, 3.8) is 0 Å². The number of hydrogen-bond donors (Lipinski definition) is 3. The molecule has 7 nitrogen and oxygen atoms in total. The zero-order valence-electron chi connectivity index (χ0n) is 28.5. The van der Waals surface area contributed by atoms with E-state index >= 15 is 0 Å². The van der Waals surface area contributed by atoms with Crippen LogP contribution in [-0.4, -0.2) is 48.7 Å². The monoisotopic (exact) mass is 600 g/mol. The molecule has 0 aromatic carbocycles. The van der Waals surface area contributed by atoms with Gasteiger partial charge in [-0.1, -0.05) is 56.7 Å². The highest BCUT2D eigenvalue weighted by Gasteiger charge is 2.27. The topological polar surface area (TPSA) is 81.7 Å². The number of fused-ring (bicyclic) bond motifs is 1. The van der Waals surface area contributed by atoms with E-state index in [-0.39, 0.29) is 5.91 Å². The van der Waals surface area contributed by atoms with Crippen molar-refractivity contribution in [2.75, 3.05) is 27.2 Å². The standard InChI is InChI=1S/C22H27N5O.C11H19N.C2H6.C2H4/c1-23-22(28)17-9-3-4-10-18-21(17)26-16(13-25-18)14-27(2)19-11-5-7-15-8-6-12-24-20(15)19;1-5-8-11(7-3)12-9-10(4)6-2;2*1-2/h4,6,8-10,12,19,25H,3,5,7,11,13-14H2,1-2H3,(H,23,28);5,7-9,12H,6H2,1-4H3;1-2H3;1-2H2/b;8-5-,10-9-,11-7+;;. The Morgan fingerprint density at radius 1 is 1.25 bits per heavy atom. The van der Waals surface area contributed by atoms with Gasteiger partial charge in [-0.2, -0.15) is 0 Å². The number of pyridine rings is 1. The fourth-order valence-electron chi connectivity index (χ4n) is 4.90. The second-order valence-electron chi connectivity index (χ2n) is 10.2. The minimum atomic E-state index is -0.0956. The summed E-state index contributed by atoms with van der Waals surface area (Å²) in [5.74, 6) is -0.0956. The molecular formula is C37H56N6O. The second kappa shape index (κ2) is 21.7. The van der Waals surface area contributed by atoms with Gasteiger partial charge < -0.3 is 16.0 Å². The van der Waals surface area contributed by atoms with Crippen LogP contribution < -0.4 is 16.0 Å². The van der Waals surface area contributed by atoms with E-state index < -0.39 is 0 Å². The highest BCUT2D eigenvalue weighted by Crippen LogP contribution is 2.32. The van der Waals surface area contributed by atoms with E-state index in [1.165, 1.54) is 23.3 Å². The molecule has 0 saturated heterocycles. The molecule has 1 amide bonds. The minimum Gasteiger partial charge on any atom is -0.378 e. The van der Waals surface area contributed by atoms with Crippen LogP contribution in [0.15, 0.2) is 107 Å². The molecule has 3 N–H and O–H groups in total. The van der Waals surface area contributed by atoms with Gasteiger partial charge in [0.25, 0.3) is 5.91 Å². The van der Waals surface area contributed by atoms with E-state index in [4.69, 9.17) is 4.99 Å². The van der Waals surface area contributed by atoms with Crippen molar-refractivity contribution in [1.29, 1.82) is 0 Å². The third kappa shape index (κ3) is 11.6. The summed E-state index contributed by atoms with van der Waals surface area (Å²) in [6.45, 7) is 19.7. The molecule has 0 radical (unpaired) electrons. The summed E-state index contributed by atoms with van der Waals surface area (Å²) in [5.41, 5.74) is 8.40. The summed E-state index contributed by atoms with van der Waals surface area (Å²) >= 11 is 0. The summed E-state index contributed by atoms with van der Waals surface area (Å²) < 4.78 is 0. The van der Waals surface area contributed by atoms with Crippen molar-refractivity contribution >= 4 is 11.6 Å². The molecule has 44 heavy (non-hydrogen) atoms. The van der Waals surface area contributed by atoms with Gasteiger partial charge in [0.15, 0.2) is 0 Å². The van der Waals surface area contributed by atoms with Crippen LogP contribution in [0.25, 0.3) is 0 Å². The first-order valence-corrected chi connectivity index (χ1v) is 15.9. The maximum Gasteiger partial charge on any atom is 0.252 e. The van der Waals surface area contributed by atoms with Crippen LogP contribution in [0.2, 0.25) is 0 Å². The first-order valence-electron chi connectivity index (χ1n) is 15.9. The molecule has 1 unspecified atom stereocenters. The van der Waals surface area contributed by atoms with Gasteiger partial charge >= 0.3 is 0 Å². The van der Waals surface area contributed by atoms with Gasteiger partial charge in [0.05, 0.1) is 41.0 Å². The molecule has 0 fully saturated rings. The van der Waals surface area contributed by atoms with E-state index in [1.54, 1.807) is 7.05 Å². The molecule has 4 rings (SSSR count). The van der Waals surface area contributed by atoms with Crippen LogP contribution >= 0.6 is 0 Å². The number of carbonyl (C=O) groups is 1. The van der Waals surface area contributed by atoms with Crippen LogP contribution in [0.3, 0.4) is 0 Å². The van der Waals surface area contributed by atoms with E-state index in [0.29, 0.717) is 18.2 Å². The molecule has 0 saturated carbocycles. The quantitative estimate of drug-likeness (QED) is 0.213. The lowest BCUT2D eigenvalue weighted by atomic mass is 9.91. The summed E-state index contributed by atoms with van der Waals surface area (Å²) in [7, 11) is 3.80. The maximum atomic E-state index is 12.3. The Bertz CT molecular complexity index is 1260. The van der Waals surface area contributed by atoms with Crippen LogP contribution in [0.4, 0.5) is 0 Å². The summed E-state index contributed by atoms with van der Waals surface area (Å²) in [6, 6.07) is 4.53. The molecule has 1 aliphatic heterocycles. The fraction of sp³-hybridized carbons (Fsp3) is 0.432. The summed E-state index contributed by atoms with van der Waals surface area (Å²) in [5, 5.41) is 9.41. The zero-order valence-corrected chi connectivity index (χ0v) is 28.5. The Kier molecular flexibility index (Phi) is 18.7. The van der Waals surface area contributed by atoms with Gasteiger partial charge in [0, 0.05) is 25.5 Å². The van der Waals surface area contributed by atoms with Gasteiger partial charge in [0.1, 0.15) is 0 Å². The third-order valence-corrected chi connectivity index (χ3v) is 7.31. The van der Waals surface area contributed by atoms with Crippen molar-refractivity contribution in [1.82, 2.24) is 25.8 Å². The number of rotatable bonds is 8. The van der Waals surface area contributed by atoms with E-state index in [9.17, 15) is 4.79 Å². The van der Waals surface area contributed by atoms with Crippen molar-refractivity contribution in [2.24, 2.45) is 4.99 Å². The van der Waals surface area contributed by atoms with Gasteiger partial charge in [0.2, 0.25) is 0 Å². The first-order chi connectivity index (χ1) is 21.4. The lowest BCUT2D eigenvalue weighted by Crippen LogP contribution is -2.38. The Morgan fingerprint density at radius 2 is 2.00 bits per heavy atom. The highest BCUT2D eigenvalue weighted by molar-refractivity contribution is 6.00. The number of hydrogen-bond acceptors (Lipinski definition) is 6. The van der Waals surface area contributed by atoms with Crippen molar-refractivity contribution in [3.8, 4) is 0 Å². The number of aryl methyl sites for hydroxylation is 1. The predicted molar refractivity (Wildman–Crippen MR) is 189 cm³/mol. The lowest BCUT2D eigenvalue weighted by Gasteiger charge is -2.33. The van der Waals surface area contributed by atoms with Crippen molar-refractivity contribution in [3.05, 3.63) is 114 Å². The van der Waals surface area contributed by atoms with E-state index in [1.807, 2.05) is 58.2 Å². The van der Waals surface area contributed by atoms with Crippen LogP contribution in [0, 0.1) is 0 Å². The van der Waals surface area contributed by atoms with Crippen molar-refractivity contribution in [2.45, 2.75) is 79.7 Å². The van der Waals surface area contributed by atoms with Crippen LogP contribution in [0.1, 0.15) is 84.5 Å². The van der Waals surface area contributed by atoms with Gasteiger partial charge in [-0.15, -0.1) is 13.2 Å². The zero-order chi connectivity index (χ0) is 32.9. The molecular weight excluding hydrogens is 544 g/mol. The minimum absolute atomic E-state index is 0.0956. The molecule has 240 valence electrons. The van der Waals surface area contributed by atoms with E-state index in [2.05, 4.69) is 90.4 Å². The SMILES string of the molecule is C/C=C\C(=C/C)N/C=C(/C)CC.C=C.CC.CNC(=O)C1=CCC=CC2=C1N=C(CN(C)C1CCCc3cccnc31)CN2. The summed E-state index contributed by atoms with van der Waals surface area (Å²) in [4.78, 5) is 24.2. The number of nitrogens with one attached hydrogen (secondary N) is 3.